The number of carbonyl (C=O) groups excluding carboxylic acids is 2. The number of nitrogens with zero attached hydrogens (tertiary/aromatic N) is 2. The molecule has 1 aliphatic heterocycles. The number of carbonyl (C=O) groups is 2. The molecule has 1 N–H and O–H groups in total. The lowest BCUT2D eigenvalue weighted by atomic mass is 10.1. The fourth-order valence-electron chi connectivity index (χ4n) is 3.26. The quantitative estimate of drug-likeness (QED) is 0.882. The maximum Gasteiger partial charge on any atom is 0.270 e. The van der Waals surface area contributed by atoms with Crippen LogP contribution in [-0.4, -0.2) is 41.9 Å². The summed E-state index contributed by atoms with van der Waals surface area (Å²) in [6.45, 7) is 1.88. The molecule has 1 aromatic carbocycles. The topological polar surface area (TPSA) is 71.5 Å². The molecule has 0 aliphatic carbocycles. The lowest BCUT2D eigenvalue weighted by Gasteiger charge is -2.20. The molecule has 1 saturated heterocycles. The van der Waals surface area contributed by atoms with Crippen LogP contribution in [0.4, 0.5) is 0 Å². The number of pyridine rings is 1. The van der Waals surface area contributed by atoms with Crippen molar-refractivity contribution in [3.05, 3.63) is 59.4 Å². The second kappa shape index (κ2) is 9.16. The molecule has 1 aromatic heterocycles. The van der Waals surface area contributed by atoms with Crippen LogP contribution in [0.1, 0.15) is 52.1 Å². The van der Waals surface area contributed by atoms with Crippen molar-refractivity contribution in [3.63, 3.8) is 0 Å². The Morgan fingerprint density at radius 2 is 1.85 bits per heavy atom. The first-order valence-electron chi connectivity index (χ1n) is 9.34. The summed E-state index contributed by atoms with van der Waals surface area (Å²) in [5.74, 6) is 0.375. The molecule has 0 saturated carbocycles. The van der Waals surface area contributed by atoms with Gasteiger partial charge in [0.05, 0.1) is 7.11 Å². The second-order valence-electron chi connectivity index (χ2n) is 6.63. The minimum Gasteiger partial charge on any atom is -0.496 e. The molecule has 0 atom stereocenters. The highest BCUT2D eigenvalue weighted by Gasteiger charge is 2.19. The summed E-state index contributed by atoms with van der Waals surface area (Å²) in [5, 5.41) is 2.84. The number of hydrogen-bond acceptors (Lipinski definition) is 4. The number of likely N-dealkylation sites (tertiary alicyclic amines) is 1. The summed E-state index contributed by atoms with van der Waals surface area (Å²) < 4.78 is 5.29. The number of methoxy groups -OCH3 is 1. The number of para-hydroxylation sites is 1. The van der Waals surface area contributed by atoms with Gasteiger partial charge in [-0.3, -0.25) is 14.6 Å². The van der Waals surface area contributed by atoms with Gasteiger partial charge in [0, 0.05) is 37.0 Å². The van der Waals surface area contributed by atoms with E-state index in [1.165, 1.54) is 6.20 Å². The molecule has 2 aromatic rings. The van der Waals surface area contributed by atoms with Gasteiger partial charge in [-0.2, -0.15) is 0 Å². The number of benzene rings is 1. The van der Waals surface area contributed by atoms with Crippen molar-refractivity contribution in [2.24, 2.45) is 0 Å². The van der Waals surface area contributed by atoms with Crippen molar-refractivity contribution in [1.82, 2.24) is 15.2 Å². The van der Waals surface area contributed by atoms with Gasteiger partial charge in [0.2, 0.25) is 0 Å². The van der Waals surface area contributed by atoms with Gasteiger partial charge < -0.3 is 15.0 Å². The van der Waals surface area contributed by atoms with E-state index in [-0.39, 0.29) is 17.5 Å². The Hall–Kier alpha value is -2.89. The molecule has 6 heteroatoms. The highest BCUT2D eigenvalue weighted by Crippen LogP contribution is 2.17. The van der Waals surface area contributed by atoms with Crippen molar-refractivity contribution in [1.29, 1.82) is 0 Å². The molecule has 0 bridgehead atoms. The van der Waals surface area contributed by atoms with Crippen molar-refractivity contribution in [2.75, 3.05) is 20.2 Å². The highest BCUT2D eigenvalue weighted by atomic mass is 16.5. The zero-order valence-electron chi connectivity index (χ0n) is 15.6. The normalized spacial score (nSPS) is 14.3. The summed E-state index contributed by atoms with van der Waals surface area (Å²) >= 11 is 0. The third kappa shape index (κ3) is 4.84. The molecule has 0 unspecified atom stereocenters. The van der Waals surface area contributed by atoms with E-state index in [9.17, 15) is 9.59 Å². The predicted octanol–water partition coefficient (Wildman–Crippen LogP) is 3.04. The molecule has 0 spiro atoms. The molecule has 6 nitrogen and oxygen atoms in total. The van der Waals surface area contributed by atoms with Crippen molar-refractivity contribution in [2.45, 2.75) is 32.2 Å². The van der Waals surface area contributed by atoms with Crippen molar-refractivity contribution >= 4 is 11.8 Å². The Labute approximate surface area is 159 Å². The van der Waals surface area contributed by atoms with E-state index in [2.05, 4.69) is 10.3 Å². The lowest BCUT2D eigenvalue weighted by Crippen LogP contribution is -2.32. The van der Waals surface area contributed by atoms with Crippen molar-refractivity contribution < 1.29 is 14.3 Å². The largest absolute Gasteiger partial charge is 0.496 e. The van der Waals surface area contributed by atoms with E-state index in [4.69, 9.17) is 4.74 Å². The summed E-state index contributed by atoms with van der Waals surface area (Å²) in [7, 11) is 1.60. The molecule has 0 radical (unpaired) electrons. The minimum atomic E-state index is -0.313. The van der Waals surface area contributed by atoms with E-state index in [1.807, 2.05) is 29.2 Å². The fraction of sp³-hybridized carbons (Fsp3) is 0.381. The molecular weight excluding hydrogens is 342 g/mol. The first-order valence-corrected chi connectivity index (χ1v) is 9.34. The maximum absolute atomic E-state index is 12.7. The monoisotopic (exact) mass is 367 g/mol. The smallest absolute Gasteiger partial charge is 0.270 e. The summed E-state index contributed by atoms with van der Waals surface area (Å²) in [5.41, 5.74) is 1.63. The Morgan fingerprint density at radius 3 is 2.59 bits per heavy atom. The van der Waals surface area contributed by atoms with Gasteiger partial charge >= 0.3 is 0 Å². The molecule has 3 rings (SSSR count). The fourth-order valence-corrected chi connectivity index (χ4v) is 3.26. The van der Waals surface area contributed by atoms with Gasteiger partial charge in [-0.25, -0.2) is 0 Å². The zero-order chi connectivity index (χ0) is 19.1. The Bertz CT molecular complexity index is 799. The number of rotatable bonds is 5. The third-order valence-electron chi connectivity index (χ3n) is 4.76. The number of amides is 2. The van der Waals surface area contributed by atoms with E-state index >= 15 is 0 Å². The lowest BCUT2D eigenvalue weighted by molar-refractivity contribution is 0.0761. The molecular formula is C21H25N3O3. The first-order chi connectivity index (χ1) is 13.2. The predicted molar refractivity (Wildman–Crippen MR) is 103 cm³/mol. The number of hydrogen-bond donors (Lipinski definition) is 1. The van der Waals surface area contributed by atoms with Gasteiger partial charge in [-0.15, -0.1) is 0 Å². The Balaban J connectivity index is 1.67. The van der Waals surface area contributed by atoms with Gasteiger partial charge in [-0.05, 0) is 31.0 Å². The van der Waals surface area contributed by atoms with Crippen LogP contribution >= 0.6 is 0 Å². The van der Waals surface area contributed by atoms with E-state index in [0.717, 1.165) is 50.1 Å². The first kappa shape index (κ1) is 18.9. The van der Waals surface area contributed by atoms with Crippen molar-refractivity contribution in [3.8, 4) is 5.75 Å². The average Bonchev–Trinajstić information content (AvgIpc) is 3.01. The molecule has 2 heterocycles. The van der Waals surface area contributed by atoms with E-state index in [0.29, 0.717) is 12.1 Å². The number of ether oxygens (including phenoxy) is 1. The minimum absolute atomic E-state index is 0.0296. The van der Waals surface area contributed by atoms with Gasteiger partial charge in [0.15, 0.2) is 0 Å². The zero-order valence-corrected chi connectivity index (χ0v) is 15.6. The van der Waals surface area contributed by atoms with Gasteiger partial charge in [-0.1, -0.05) is 31.0 Å². The van der Waals surface area contributed by atoms with Crippen LogP contribution in [0.2, 0.25) is 0 Å². The summed E-state index contributed by atoms with van der Waals surface area (Å²) in [4.78, 5) is 31.2. The number of nitrogens with one attached hydrogen (secondary N) is 1. The summed E-state index contributed by atoms with van der Waals surface area (Å²) in [6, 6.07) is 10.8. The standard InChI is InChI=1S/C21H25N3O3/c1-27-19-9-5-4-8-17(19)15-23-20(25)18-14-16(10-11-22-18)21(26)24-12-6-2-3-7-13-24/h4-5,8-11,14H,2-3,6-7,12-13,15H2,1H3,(H,23,25). The highest BCUT2D eigenvalue weighted by molar-refractivity contribution is 5.98. The maximum atomic E-state index is 12.7. The van der Waals surface area contributed by atoms with Crippen LogP contribution < -0.4 is 10.1 Å². The van der Waals surface area contributed by atoms with Gasteiger partial charge in [0.25, 0.3) is 11.8 Å². The summed E-state index contributed by atoms with van der Waals surface area (Å²) in [6.07, 6.45) is 5.91. The van der Waals surface area contributed by atoms with Crippen LogP contribution in [0, 0.1) is 0 Å². The molecule has 142 valence electrons. The van der Waals surface area contributed by atoms with Gasteiger partial charge in [0.1, 0.15) is 11.4 Å². The SMILES string of the molecule is COc1ccccc1CNC(=O)c1cc(C(=O)N2CCCCCC2)ccn1. The van der Waals surface area contributed by atoms with Crippen LogP contribution in [0.3, 0.4) is 0 Å². The van der Waals surface area contributed by atoms with Crippen LogP contribution in [0.15, 0.2) is 42.6 Å². The Kier molecular flexibility index (Phi) is 6.41. The molecule has 2 amide bonds. The second-order valence-corrected chi connectivity index (χ2v) is 6.63. The van der Waals surface area contributed by atoms with Crippen LogP contribution in [-0.2, 0) is 6.54 Å². The molecule has 27 heavy (non-hydrogen) atoms. The molecule has 1 aliphatic rings. The van der Waals surface area contributed by atoms with E-state index < -0.39 is 0 Å². The third-order valence-corrected chi connectivity index (χ3v) is 4.76. The number of aromatic nitrogens is 1. The molecule has 1 fully saturated rings. The van der Waals surface area contributed by atoms with Crippen LogP contribution in [0.5, 0.6) is 5.75 Å². The van der Waals surface area contributed by atoms with E-state index in [1.54, 1.807) is 19.2 Å². The van der Waals surface area contributed by atoms with Crippen LogP contribution in [0.25, 0.3) is 0 Å². The average molecular weight is 367 g/mol. The Morgan fingerprint density at radius 1 is 1.11 bits per heavy atom.